The van der Waals surface area contributed by atoms with E-state index in [1.54, 1.807) is 10.9 Å². The smallest absolute Gasteiger partial charge is 0.00935 e. The minimum Gasteiger partial charge on any atom is -0.0686 e. The summed E-state index contributed by atoms with van der Waals surface area (Å²) in [5.41, 5.74) is 10.7. The van der Waals surface area contributed by atoms with Crippen LogP contribution in [0.2, 0.25) is 0 Å². The van der Waals surface area contributed by atoms with E-state index in [0.29, 0.717) is 17.5 Å². The Bertz CT molecular complexity index is 1110. The zero-order valence-corrected chi connectivity index (χ0v) is 21.4. The summed E-state index contributed by atoms with van der Waals surface area (Å²) in [4.78, 5) is 0. The Morgan fingerprint density at radius 3 is 2.09 bits per heavy atom. The van der Waals surface area contributed by atoms with Crippen molar-refractivity contribution in [2.24, 2.45) is 5.92 Å². The molecule has 3 aromatic rings. The van der Waals surface area contributed by atoms with Gasteiger partial charge >= 0.3 is 0 Å². The minimum absolute atomic E-state index is 0.298. The zero-order chi connectivity index (χ0) is 22.8. The van der Waals surface area contributed by atoms with Crippen molar-refractivity contribution in [3.63, 3.8) is 0 Å². The van der Waals surface area contributed by atoms with Crippen LogP contribution in [0.5, 0.6) is 0 Å². The van der Waals surface area contributed by atoms with Crippen LogP contribution in [0.4, 0.5) is 0 Å². The van der Waals surface area contributed by atoms with Crippen molar-refractivity contribution in [1.82, 2.24) is 0 Å². The second-order valence-electron chi connectivity index (χ2n) is 10.0. The number of hydrogen-bond donors (Lipinski definition) is 0. The van der Waals surface area contributed by atoms with E-state index < -0.39 is 0 Å². The SMILES string of the molecule is Cc1ccc(C2=CC(c3ccccc3)CC(c3ccc(C)cc3C)P2CC(C)C)c(C)c1. The van der Waals surface area contributed by atoms with Gasteiger partial charge < -0.3 is 0 Å². The Morgan fingerprint density at radius 2 is 1.47 bits per heavy atom. The summed E-state index contributed by atoms with van der Waals surface area (Å²) < 4.78 is 0. The van der Waals surface area contributed by atoms with E-state index in [9.17, 15) is 0 Å². The zero-order valence-electron chi connectivity index (χ0n) is 20.5. The Balaban J connectivity index is 1.90. The average molecular weight is 441 g/mol. The van der Waals surface area contributed by atoms with Crippen LogP contribution in [-0.2, 0) is 0 Å². The van der Waals surface area contributed by atoms with Crippen LogP contribution in [0.15, 0.2) is 72.8 Å². The second-order valence-corrected chi connectivity index (χ2v) is 12.5. The first-order chi connectivity index (χ1) is 15.3. The molecular weight excluding hydrogens is 403 g/mol. The molecule has 166 valence electrons. The third-order valence-electron chi connectivity index (χ3n) is 6.75. The number of rotatable bonds is 5. The predicted molar refractivity (Wildman–Crippen MR) is 143 cm³/mol. The maximum Gasteiger partial charge on any atom is 0.00935 e. The van der Waals surface area contributed by atoms with Gasteiger partial charge in [0.05, 0.1) is 0 Å². The molecule has 1 aliphatic rings. The largest absolute Gasteiger partial charge is 0.0686 e. The lowest BCUT2D eigenvalue weighted by atomic mass is 9.88. The fourth-order valence-electron chi connectivity index (χ4n) is 5.28. The molecule has 0 N–H and O–H groups in total. The minimum atomic E-state index is -0.298. The van der Waals surface area contributed by atoms with Gasteiger partial charge in [0.2, 0.25) is 0 Å². The molecule has 32 heavy (non-hydrogen) atoms. The van der Waals surface area contributed by atoms with E-state index in [0.717, 1.165) is 0 Å². The van der Waals surface area contributed by atoms with E-state index in [1.165, 1.54) is 46.0 Å². The molecule has 0 bridgehead atoms. The van der Waals surface area contributed by atoms with Crippen molar-refractivity contribution in [2.45, 2.75) is 59.5 Å². The van der Waals surface area contributed by atoms with Crippen molar-refractivity contribution < 1.29 is 0 Å². The van der Waals surface area contributed by atoms with Gasteiger partial charge in [-0.05, 0) is 79.3 Å². The molecule has 0 aliphatic carbocycles. The summed E-state index contributed by atoms with van der Waals surface area (Å²) in [7, 11) is -0.298. The van der Waals surface area contributed by atoms with Crippen LogP contribution in [0.25, 0.3) is 5.31 Å². The van der Waals surface area contributed by atoms with E-state index >= 15 is 0 Å². The molecule has 0 fully saturated rings. The summed E-state index contributed by atoms with van der Waals surface area (Å²) in [5.74, 6) is 1.15. The van der Waals surface area contributed by atoms with Crippen LogP contribution in [0.3, 0.4) is 0 Å². The molecule has 1 heteroatoms. The Hall–Kier alpha value is -2.17. The molecule has 1 heterocycles. The first-order valence-corrected chi connectivity index (χ1v) is 13.6. The molecule has 0 aromatic heterocycles. The first-order valence-electron chi connectivity index (χ1n) is 12.0. The van der Waals surface area contributed by atoms with Gasteiger partial charge in [0, 0.05) is 11.6 Å². The van der Waals surface area contributed by atoms with Gasteiger partial charge in [-0.15, -0.1) is 0 Å². The van der Waals surface area contributed by atoms with Crippen molar-refractivity contribution in [3.05, 3.63) is 112 Å². The van der Waals surface area contributed by atoms with Gasteiger partial charge in [-0.2, -0.15) is 0 Å². The fourth-order valence-corrected chi connectivity index (χ4v) is 8.89. The fraction of sp³-hybridized carbons (Fsp3) is 0.355. The molecule has 0 nitrogen and oxygen atoms in total. The molecule has 4 rings (SSSR count). The maximum atomic E-state index is 2.64. The number of aryl methyl sites for hydroxylation is 4. The number of hydrogen-bond acceptors (Lipinski definition) is 0. The molecule has 0 radical (unpaired) electrons. The van der Waals surface area contributed by atoms with Gasteiger partial charge in [-0.1, -0.05) is 106 Å². The highest BCUT2D eigenvalue weighted by Crippen LogP contribution is 2.68. The molecule has 3 aromatic carbocycles. The highest BCUT2D eigenvalue weighted by Gasteiger charge is 2.35. The van der Waals surface area contributed by atoms with Crippen LogP contribution < -0.4 is 0 Å². The molecule has 0 saturated heterocycles. The summed E-state index contributed by atoms with van der Waals surface area (Å²) in [6.45, 7) is 13.8. The third kappa shape index (κ3) is 4.92. The van der Waals surface area contributed by atoms with Crippen LogP contribution in [0.1, 0.15) is 70.8 Å². The maximum absolute atomic E-state index is 2.64. The quantitative estimate of drug-likeness (QED) is 0.347. The lowest BCUT2D eigenvalue weighted by Crippen LogP contribution is -2.15. The lowest BCUT2D eigenvalue weighted by molar-refractivity contribution is 0.690. The van der Waals surface area contributed by atoms with Crippen molar-refractivity contribution >= 4 is 13.2 Å². The number of allylic oxidation sites excluding steroid dienone is 1. The standard InChI is InChI=1S/C31H37P/c1-21(2)20-32-30(28-14-12-22(3)16-24(28)5)18-27(26-10-8-7-9-11-26)19-31(32)29-15-13-23(4)17-25(29)6/h7-18,21,27,31H,19-20H2,1-6H3. The van der Waals surface area contributed by atoms with Crippen LogP contribution in [0, 0.1) is 33.6 Å². The molecule has 0 amide bonds. The monoisotopic (exact) mass is 440 g/mol. The van der Waals surface area contributed by atoms with Gasteiger partial charge in [-0.25, -0.2) is 0 Å². The lowest BCUT2D eigenvalue weighted by Gasteiger charge is -2.39. The van der Waals surface area contributed by atoms with Crippen molar-refractivity contribution in [1.29, 1.82) is 0 Å². The molecule has 1 aliphatic heterocycles. The number of benzene rings is 3. The van der Waals surface area contributed by atoms with E-state index in [2.05, 4.69) is 114 Å². The third-order valence-corrected chi connectivity index (χ3v) is 10.1. The van der Waals surface area contributed by atoms with Gasteiger partial charge in [0.25, 0.3) is 0 Å². The molecule has 0 spiro atoms. The Labute approximate surface area is 196 Å². The molecule has 3 atom stereocenters. The summed E-state index contributed by atoms with van der Waals surface area (Å²) in [5, 5.41) is 1.62. The van der Waals surface area contributed by atoms with E-state index in [-0.39, 0.29) is 7.92 Å². The molecule has 3 unspecified atom stereocenters. The predicted octanol–water partition coefficient (Wildman–Crippen LogP) is 9.33. The highest BCUT2D eigenvalue weighted by molar-refractivity contribution is 7.68. The highest BCUT2D eigenvalue weighted by atomic mass is 31.1. The summed E-state index contributed by atoms with van der Waals surface area (Å²) >= 11 is 0. The van der Waals surface area contributed by atoms with Crippen molar-refractivity contribution in [3.8, 4) is 0 Å². The Kier molecular flexibility index (Phi) is 7.02. The second kappa shape index (κ2) is 9.76. The van der Waals surface area contributed by atoms with Crippen LogP contribution in [-0.4, -0.2) is 6.16 Å². The summed E-state index contributed by atoms with van der Waals surface area (Å²) in [6, 6.07) is 25.3. The van der Waals surface area contributed by atoms with Gasteiger partial charge in [0.15, 0.2) is 0 Å². The van der Waals surface area contributed by atoms with E-state index in [1.807, 2.05) is 0 Å². The molecule has 0 saturated carbocycles. The van der Waals surface area contributed by atoms with Crippen LogP contribution >= 0.6 is 7.92 Å². The van der Waals surface area contributed by atoms with E-state index in [4.69, 9.17) is 0 Å². The molecular formula is C31H37P. The topological polar surface area (TPSA) is 0 Å². The van der Waals surface area contributed by atoms with Crippen molar-refractivity contribution in [2.75, 3.05) is 6.16 Å². The van der Waals surface area contributed by atoms with Gasteiger partial charge in [-0.3, -0.25) is 0 Å². The average Bonchev–Trinajstić information content (AvgIpc) is 2.75. The summed E-state index contributed by atoms with van der Waals surface area (Å²) in [6.07, 6.45) is 5.13. The first kappa shape index (κ1) is 23.0. The normalized spacial score (nSPS) is 21.0. The van der Waals surface area contributed by atoms with Gasteiger partial charge in [0.1, 0.15) is 0 Å². The Morgan fingerprint density at radius 1 is 0.812 bits per heavy atom.